The molecule has 0 unspecified atom stereocenters. The normalized spacial score (nSPS) is 14.8. The number of hydrogen-bond donors (Lipinski definition) is 2. The Bertz CT molecular complexity index is 1020. The van der Waals surface area contributed by atoms with E-state index in [9.17, 15) is 14.4 Å². The van der Waals surface area contributed by atoms with Crippen LogP contribution in [0.4, 0.5) is 5.69 Å². The lowest BCUT2D eigenvalue weighted by atomic mass is 10.2. The van der Waals surface area contributed by atoms with E-state index < -0.39 is 11.9 Å². The lowest BCUT2D eigenvalue weighted by Gasteiger charge is -2.14. The second-order valence-corrected chi connectivity index (χ2v) is 7.88. The Morgan fingerprint density at radius 2 is 1.83 bits per heavy atom. The molecule has 0 aromatic heterocycles. The maximum atomic E-state index is 12.7. The summed E-state index contributed by atoms with van der Waals surface area (Å²) in [4.78, 5) is 37.6. The van der Waals surface area contributed by atoms with Crippen LogP contribution < -0.4 is 10.1 Å². The van der Waals surface area contributed by atoms with E-state index >= 15 is 0 Å². The standard InChI is InChI=1S/C21H18N2O5S2/c1-2-28-16-9-3-13(4-10-16)11-17-19(25)23(21(29)30-17)12-18(24)22-15-7-5-14(6-8-15)20(26)27/h3-11H,2,12H2,1H3,(H,22,24)(H,26,27)/b17-11-. The van der Waals surface area contributed by atoms with Gasteiger partial charge in [-0.2, -0.15) is 0 Å². The summed E-state index contributed by atoms with van der Waals surface area (Å²) in [5, 5.41) is 11.5. The third kappa shape index (κ3) is 5.25. The Morgan fingerprint density at radius 1 is 1.17 bits per heavy atom. The van der Waals surface area contributed by atoms with Gasteiger partial charge in [0.25, 0.3) is 5.91 Å². The maximum Gasteiger partial charge on any atom is 0.335 e. The molecule has 1 saturated heterocycles. The lowest BCUT2D eigenvalue weighted by molar-refractivity contribution is -0.126. The molecule has 30 heavy (non-hydrogen) atoms. The van der Waals surface area contributed by atoms with Crippen LogP contribution in [0.25, 0.3) is 6.08 Å². The van der Waals surface area contributed by atoms with Crippen molar-refractivity contribution in [1.29, 1.82) is 0 Å². The number of nitrogens with zero attached hydrogens (tertiary/aromatic N) is 1. The number of thioether (sulfide) groups is 1. The Morgan fingerprint density at radius 3 is 2.43 bits per heavy atom. The Kier molecular flexibility index (Phi) is 6.86. The zero-order valence-corrected chi connectivity index (χ0v) is 17.6. The smallest absolute Gasteiger partial charge is 0.335 e. The van der Waals surface area contributed by atoms with Gasteiger partial charge in [0.1, 0.15) is 16.6 Å². The highest BCUT2D eigenvalue weighted by atomic mass is 32.2. The number of carbonyl (C=O) groups excluding carboxylic acids is 2. The van der Waals surface area contributed by atoms with Crippen LogP contribution in [0.5, 0.6) is 5.75 Å². The molecule has 3 rings (SSSR count). The molecule has 1 aliphatic heterocycles. The van der Waals surface area contributed by atoms with E-state index in [1.807, 2.05) is 31.2 Å². The van der Waals surface area contributed by atoms with Crippen LogP contribution >= 0.6 is 24.0 Å². The second-order valence-electron chi connectivity index (χ2n) is 6.20. The van der Waals surface area contributed by atoms with Crippen molar-refractivity contribution in [1.82, 2.24) is 4.90 Å². The van der Waals surface area contributed by atoms with Gasteiger partial charge in [0.15, 0.2) is 0 Å². The zero-order chi connectivity index (χ0) is 21.7. The summed E-state index contributed by atoms with van der Waals surface area (Å²) in [6, 6.07) is 13.1. The molecular weight excluding hydrogens is 424 g/mol. The van der Waals surface area contributed by atoms with Crippen molar-refractivity contribution >= 4 is 57.8 Å². The van der Waals surface area contributed by atoms with Gasteiger partial charge in [-0.25, -0.2) is 4.79 Å². The SMILES string of the molecule is CCOc1ccc(/C=C2\SC(=S)N(CC(=O)Nc3ccc(C(=O)O)cc3)C2=O)cc1. The average Bonchev–Trinajstić information content (AvgIpc) is 2.97. The molecule has 0 bridgehead atoms. The van der Waals surface area contributed by atoms with Crippen LogP contribution in [0.1, 0.15) is 22.8 Å². The van der Waals surface area contributed by atoms with Crippen molar-refractivity contribution < 1.29 is 24.2 Å². The number of thiocarbonyl (C=S) groups is 1. The van der Waals surface area contributed by atoms with Gasteiger partial charge in [-0.1, -0.05) is 36.1 Å². The van der Waals surface area contributed by atoms with Crippen LogP contribution in [0.3, 0.4) is 0 Å². The Balaban J connectivity index is 1.64. The number of carboxylic acids is 1. The Hall–Kier alpha value is -3.17. The van der Waals surface area contributed by atoms with E-state index in [-0.39, 0.29) is 18.0 Å². The van der Waals surface area contributed by atoms with Crippen LogP contribution in [0.15, 0.2) is 53.4 Å². The van der Waals surface area contributed by atoms with Gasteiger partial charge in [-0.05, 0) is 55.0 Å². The number of benzene rings is 2. The number of hydrogen-bond acceptors (Lipinski definition) is 6. The van der Waals surface area contributed by atoms with Gasteiger partial charge >= 0.3 is 5.97 Å². The molecule has 0 radical (unpaired) electrons. The number of carbonyl (C=O) groups is 3. The highest BCUT2D eigenvalue weighted by Gasteiger charge is 2.33. The van der Waals surface area contributed by atoms with Crippen LogP contribution in [0, 0.1) is 0 Å². The summed E-state index contributed by atoms with van der Waals surface area (Å²) < 4.78 is 5.70. The first-order chi connectivity index (χ1) is 14.4. The van der Waals surface area contributed by atoms with Crippen LogP contribution in [-0.4, -0.2) is 45.3 Å². The molecule has 0 spiro atoms. The minimum atomic E-state index is -1.05. The molecule has 154 valence electrons. The third-order valence-electron chi connectivity index (χ3n) is 4.08. The van der Waals surface area contributed by atoms with Gasteiger partial charge in [-0.15, -0.1) is 0 Å². The van der Waals surface area contributed by atoms with Gasteiger partial charge in [-0.3, -0.25) is 14.5 Å². The van der Waals surface area contributed by atoms with Gasteiger partial charge in [0.2, 0.25) is 5.91 Å². The topological polar surface area (TPSA) is 95.9 Å². The van der Waals surface area contributed by atoms with Gasteiger partial charge in [0.05, 0.1) is 17.1 Å². The molecule has 9 heteroatoms. The first-order valence-electron chi connectivity index (χ1n) is 8.99. The molecule has 1 aliphatic rings. The van der Waals surface area contributed by atoms with Gasteiger partial charge < -0.3 is 15.2 Å². The fraction of sp³-hybridized carbons (Fsp3) is 0.143. The van der Waals surface area contributed by atoms with Crippen molar-refractivity contribution in [3.8, 4) is 5.75 Å². The van der Waals surface area contributed by atoms with E-state index in [2.05, 4.69) is 5.32 Å². The number of carboxylic acid groups (broad SMARTS) is 1. The molecule has 0 atom stereocenters. The summed E-state index contributed by atoms with van der Waals surface area (Å²) in [7, 11) is 0. The Labute approximate surface area is 182 Å². The maximum absolute atomic E-state index is 12.7. The summed E-state index contributed by atoms with van der Waals surface area (Å²) >= 11 is 6.39. The quantitative estimate of drug-likeness (QED) is 0.499. The lowest BCUT2D eigenvalue weighted by Crippen LogP contribution is -2.36. The molecule has 0 aliphatic carbocycles. The molecule has 2 N–H and O–H groups in total. The zero-order valence-electron chi connectivity index (χ0n) is 16.0. The van der Waals surface area contributed by atoms with Crippen molar-refractivity contribution in [3.05, 3.63) is 64.6 Å². The second kappa shape index (κ2) is 9.55. The van der Waals surface area contributed by atoms with Crippen molar-refractivity contribution in [2.75, 3.05) is 18.5 Å². The summed E-state index contributed by atoms with van der Waals surface area (Å²) in [6.07, 6.45) is 1.72. The fourth-order valence-corrected chi connectivity index (χ4v) is 3.91. The molecule has 1 heterocycles. The number of amides is 2. The number of rotatable bonds is 7. The molecule has 0 saturated carbocycles. The number of nitrogens with one attached hydrogen (secondary N) is 1. The summed E-state index contributed by atoms with van der Waals surface area (Å²) in [6.45, 7) is 2.25. The highest BCUT2D eigenvalue weighted by molar-refractivity contribution is 8.26. The average molecular weight is 443 g/mol. The van der Waals surface area contributed by atoms with Crippen molar-refractivity contribution in [2.24, 2.45) is 0 Å². The number of aromatic carboxylic acids is 1. The predicted molar refractivity (Wildman–Crippen MR) is 120 cm³/mol. The van der Waals surface area contributed by atoms with Gasteiger partial charge in [0, 0.05) is 5.69 Å². The largest absolute Gasteiger partial charge is 0.494 e. The van der Waals surface area contributed by atoms with E-state index in [0.29, 0.717) is 21.5 Å². The van der Waals surface area contributed by atoms with Crippen molar-refractivity contribution in [2.45, 2.75) is 6.92 Å². The third-order valence-corrected chi connectivity index (χ3v) is 5.46. The minimum Gasteiger partial charge on any atom is -0.494 e. The van der Waals surface area contributed by atoms with Crippen LogP contribution in [0.2, 0.25) is 0 Å². The molecular formula is C21H18N2O5S2. The molecule has 1 fully saturated rings. The number of anilines is 1. The van der Waals surface area contributed by atoms with Crippen molar-refractivity contribution in [3.63, 3.8) is 0 Å². The monoisotopic (exact) mass is 442 g/mol. The molecule has 7 nitrogen and oxygen atoms in total. The first-order valence-corrected chi connectivity index (χ1v) is 10.2. The van der Waals surface area contributed by atoms with E-state index in [1.165, 1.54) is 29.2 Å². The molecule has 2 amide bonds. The molecule has 2 aromatic rings. The number of ether oxygens (including phenoxy) is 1. The summed E-state index contributed by atoms with van der Waals surface area (Å²) in [5.41, 5.74) is 1.37. The van der Waals surface area contributed by atoms with E-state index in [1.54, 1.807) is 6.08 Å². The van der Waals surface area contributed by atoms with E-state index in [0.717, 1.165) is 23.1 Å². The fourth-order valence-electron chi connectivity index (χ4n) is 2.65. The highest BCUT2D eigenvalue weighted by Crippen LogP contribution is 2.32. The molecule has 2 aromatic carbocycles. The summed E-state index contributed by atoms with van der Waals surface area (Å²) in [5.74, 6) is -1.08. The van der Waals surface area contributed by atoms with Crippen LogP contribution in [-0.2, 0) is 9.59 Å². The van der Waals surface area contributed by atoms with E-state index in [4.69, 9.17) is 22.1 Å². The first kappa shape index (κ1) is 21.5. The minimum absolute atomic E-state index is 0.115. The predicted octanol–water partition coefficient (Wildman–Crippen LogP) is 3.62.